The number of carbonyl (C=O) groups excluding carboxylic acids is 1. The van der Waals surface area contributed by atoms with Gasteiger partial charge >= 0.3 is 0 Å². The zero-order valence-corrected chi connectivity index (χ0v) is 13.6. The maximum Gasteiger partial charge on any atom is 0.273 e. The lowest BCUT2D eigenvalue weighted by Crippen LogP contribution is -2.60. The molecule has 118 valence electrons. The van der Waals surface area contributed by atoms with Crippen LogP contribution >= 0.6 is 11.3 Å². The molecule has 1 fully saturated rings. The van der Waals surface area contributed by atoms with Crippen molar-refractivity contribution in [2.45, 2.75) is 13.0 Å². The highest BCUT2D eigenvalue weighted by Crippen LogP contribution is 2.22. The first-order valence-corrected chi connectivity index (χ1v) is 8.17. The maximum absolute atomic E-state index is 12.3. The fraction of sp³-hybridized carbons (Fsp3) is 0.357. The number of aryl methyl sites for hydroxylation is 1. The molecule has 0 bridgehead atoms. The molecule has 23 heavy (non-hydrogen) atoms. The van der Waals surface area contributed by atoms with Crippen LogP contribution in [0, 0.1) is 6.92 Å². The Kier molecular flexibility index (Phi) is 3.22. The molecule has 3 aromatic heterocycles. The van der Waals surface area contributed by atoms with E-state index < -0.39 is 0 Å². The van der Waals surface area contributed by atoms with E-state index in [2.05, 4.69) is 25.2 Å². The monoisotopic (exact) mass is 329 g/mol. The van der Waals surface area contributed by atoms with E-state index in [0.29, 0.717) is 5.69 Å². The summed E-state index contributed by atoms with van der Waals surface area (Å²) in [4.78, 5) is 20.3. The van der Waals surface area contributed by atoms with Gasteiger partial charge in [-0.05, 0) is 19.1 Å². The standard InChI is InChI=1S/C14H15N7OS/c1-9-16-17-12-3-4-13(18-21(9)12)20-5-10(6-20)19(2)14(22)11-7-23-8-15-11/h3-4,7-8,10H,5-6H2,1-2H3. The Bertz CT molecular complexity index is 853. The van der Waals surface area contributed by atoms with E-state index in [4.69, 9.17) is 0 Å². The first-order valence-electron chi connectivity index (χ1n) is 7.23. The van der Waals surface area contributed by atoms with Crippen LogP contribution in [0.15, 0.2) is 23.0 Å². The maximum atomic E-state index is 12.3. The van der Waals surface area contributed by atoms with Crippen molar-refractivity contribution in [3.63, 3.8) is 0 Å². The van der Waals surface area contributed by atoms with Gasteiger partial charge in [0, 0.05) is 25.5 Å². The average Bonchev–Trinajstić information content (AvgIpc) is 3.15. The van der Waals surface area contributed by atoms with Crippen LogP contribution in [0.4, 0.5) is 5.82 Å². The molecule has 0 aromatic carbocycles. The van der Waals surface area contributed by atoms with Gasteiger partial charge in [-0.2, -0.15) is 4.52 Å². The molecule has 1 amide bonds. The minimum Gasteiger partial charge on any atom is -0.351 e. The topological polar surface area (TPSA) is 79.5 Å². The van der Waals surface area contributed by atoms with Gasteiger partial charge in [-0.25, -0.2) is 4.98 Å². The fourth-order valence-electron chi connectivity index (χ4n) is 2.61. The average molecular weight is 329 g/mol. The molecule has 0 spiro atoms. The molecule has 0 unspecified atom stereocenters. The first-order chi connectivity index (χ1) is 11.1. The van der Waals surface area contributed by atoms with Crippen LogP contribution in [0.5, 0.6) is 0 Å². The van der Waals surface area contributed by atoms with Gasteiger partial charge in [0.05, 0.1) is 11.6 Å². The lowest BCUT2D eigenvalue weighted by molar-refractivity contribution is 0.0700. The number of hydrogen-bond donors (Lipinski definition) is 0. The SMILES string of the molecule is Cc1nnc2ccc(N3CC(N(C)C(=O)c4cscn4)C3)nn12. The third-order valence-electron chi connectivity index (χ3n) is 4.11. The van der Waals surface area contributed by atoms with Crippen LogP contribution in [0.25, 0.3) is 5.65 Å². The van der Waals surface area contributed by atoms with Crippen LogP contribution in [-0.4, -0.2) is 61.8 Å². The summed E-state index contributed by atoms with van der Waals surface area (Å²) in [6.45, 7) is 3.38. The Morgan fingerprint density at radius 3 is 2.91 bits per heavy atom. The minimum atomic E-state index is -0.0334. The van der Waals surface area contributed by atoms with Gasteiger partial charge in [-0.15, -0.1) is 26.6 Å². The van der Waals surface area contributed by atoms with E-state index >= 15 is 0 Å². The summed E-state index contributed by atoms with van der Waals surface area (Å²) in [5.41, 5.74) is 2.92. The molecule has 1 aliphatic rings. The van der Waals surface area contributed by atoms with Crippen molar-refractivity contribution < 1.29 is 4.79 Å². The van der Waals surface area contributed by atoms with E-state index in [1.54, 1.807) is 20.3 Å². The van der Waals surface area contributed by atoms with E-state index in [1.165, 1.54) is 11.3 Å². The van der Waals surface area contributed by atoms with Crippen LogP contribution in [0.3, 0.4) is 0 Å². The van der Waals surface area contributed by atoms with Crippen LogP contribution in [0.1, 0.15) is 16.3 Å². The van der Waals surface area contributed by atoms with Gasteiger partial charge in [0.1, 0.15) is 11.5 Å². The molecular formula is C14H15N7OS. The molecular weight excluding hydrogens is 314 g/mol. The van der Waals surface area contributed by atoms with Crippen molar-refractivity contribution in [2.75, 3.05) is 25.0 Å². The van der Waals surface area contributed by atoms with Gasteiger partial charge in [0.15, 0.2) is 11.5 Å². The second-order valence-electron chi connectivity index (χ2n) is 5.56. The zero-order valence-electron chi connectivity index (χ0n) is 12.7. The summed E-state index contributed by atoms with van der Waals surface area (Å²) < 4.78 is 1.73. The molecule has 0 aliphatic carbocycles. The highest BCUT2D eigenvalue weighted by molar-refractivity contribution is 7.07. The smallest absolute Gasteiger partial charge is 0.273 e. The van der Waals surface area contributed by atoms with Gasteiger partial charge in [-0.1, -0.05) is 0 Å². The quantitative estimate of drug-likeness (QED) is 0.709. The summed E-state index contributed by atoms with van der Waals surface area (Å²) >= 11 is 1.43. The third-order valence-corrected chi connectivity index (χ3v) is 4.70. The predicted octanol–water partition coefficient (Wildman–Crippen LogP) is 0.850. The summed E-state index contributed by atoms with van der Waals surface area (Å²) in [5.74, 6) is 1.59. The van der Waals surface area contributed by atoms with Gasteiger partial charge in [0.2, 0.25) is 0 Å². The summed E-state index contributed by atoms with van der Waals surface area (Å²) in [6, 6.07) is 4.01. The van der Waals surface area contributed by atoms with Crippen molar-refractivity contribution in [3.05, 3.63) is 34.5 Å². The number of anilines is 1. The third kappa shape index (κ3) is 2.33. The van der Waals surface area contributed by atoms with Crippen molar-refractivity contribution in [3.8, 4) is 0 Å². The number of fused-ring (bicyclic) bond motifs is 1. The predicted molar refractivity (Wildman–Crippen MR) is 85.7 cm³/mol. The Morgan fingerprint density at radius 2 is 2.17 bits per heavy atom. The molecule has 4 heterocycles. The number of likely N-dealkylation sites (N-methyl/N-ethyl adjacent to an activating group) is 1. The van der Waals surface area contributed by atoms with Gasteiger partial charge < -0.3 is 9.80 Å². The van der Waals surface area contributed by atoms with Crippen LogP contribution in [0.2, 0.25) is 0 Å². The highest BCUT2D eigenvalue weighted by Gasteiger charge is 2.34. The Labute approximate surface area is 136 Å². The molecule has 1 aliphatic heterocycles. The van der Waals surface area contributed by atoms with E-state index in [-0.39, 0.29) is 11.9 Å². The number of carbonyl (C=O) groups is 1. The first kappa shape index (κ1) is 14.1. The van der Waals surface area contributed by atoms with E-state index in [9.17, 15) is 4.79 Å². The second kappa shape index (κ2) is 5.27. The number of nitrogens with zero attached hydrogens (tertiary/aromatic N) is 7. The van der Waals surface area contributed by atoms with E-state index in [1.807, 2.05) is 26.1 Å². The molecule has 1 saturated heterocycles. The number of hydrogen-bond acceptors (Lipinski definition) is 7. The van der Waals surface area contributed by atoms with Crippen molar-refractivity contribution in [1.82, 2.24) is 29.7 Å². The van der Waals surface area contributed by atoms with Crippen LogP contribution < -0.4 is 4.90 Å². The Morgan fingerprint density at radius 1 is 1.35 bits per heavy atom. The largest absolute Gasteiger partial charge is 0.351 e. The highest BCUT2D eigenvalue weighted by atomic mass is 32.1. The minimum absolute atomic E-state index is 0.0334. The molecule has 0 N–H and O–H groups in total. The summed E-state index contributed by atoms with van der Waals surface area (Å²) in [7, 11) is 1.82. The Hall–Kier alpha value is -2.55. The molecule has 4 rings (SSSR count). The van der Waals surface area contributed by atoms with Crippen LogP contribution in [-0.2, 0) is 0 Å². The van der Waals surface area contributed by atoms with Crippen molar-refractivity contribution in [1.29, 1.82) is 0 Å². The molecule has 3 aromatic rings. The Balaban J connectivity index is 1.46. The number of thiazole rings is 1. The summed E-state index contributed by atoms with van der Waals surface area (Å²) in [5, 5.41) is 14.4. The summed E-state index contributed by atoms with van der Waals surface area (Å²) in [6.07, 6.45) is 0. The van der Waals surface area contributed by atoms with Gasteiger partial charge in [-0.3, -0.25) is 4.79 Å². The number of aromatic nitrogens is 5. The number of amides is 1. The fourth-order valence-corrected chi connectivity index (χ4v) is 3.13. The normalized spacial score (nSPS) is 15.0. The molecule has 0 saturated carbocycles. The second-order valence-corrected chi connectivity index (χ2v) is 6.28. The molecule has 0 radical (unpaired) electrons. The molecule has 0 atom stereocenters. The van der Waals surface area contributed by atoms with Crippen molar-refractivity contribution >= 4 is 28.7 Å². The van der Waals surface area contributed by atoms with Gasteiger partial charge in [0.25, 0.3) is 5.91 Å². The van der Waals surface area contributed by atoms with E-state index in [0.717, 1.165) is 30.4 Å². The lowest BCUT2D eigenvalue weighted by atomic mass is 10.1. The van der Waals surface area contributed by atoms with Crippen molar-refractivity contribution in [2.24, 2.45) is 0 Å². The molecule has 8 nitrogen and oxygen atoms in total. The number of rotatable bonds is 3. The lowest BCUT2D eigenvalue weighted by Gasteiger charge is -2.44. The molecule has 9 heteroatoms. The zero-order chi connectivity index (χ0) is 16.0.